The van der Waals surface area contributed by atoms with E-state index in [1.165, 1.54) is 0 Å². The summed E-state index contributed by atoms with van der Waals surface area (Å²) in [5.41, 5.74) is 1.75. The predicted octanol–water partition coefficient (Wildman–Crippen LogP) is 2.58. The highest BCUT2D eigenvalue weighted by Gasteiger charge is 2.38. The van der Waals surface area contributed by atoms with Crippen molar-refractivity contribution < 1.29 is 23.0 Å². The third kappa shape index (κ3) is 4.40. The molecular formula is C13H18F3NO2. The van der Waals surface area contributed by atoms with E-state index in [0.29, 0.717) is 5.75 Å². The fourth-order valence-corrected chi connectivity index (χ4v) is 1.53. The van der Waals surface area contributed by atoms with Crippen LogP contribution in [0.5, 0.6) is 5.75 Å². The number of alkyl halides is 3. The van der Waals surface area contributed by atoms with Crippen molar-refractivity contribution in [1.29, 1.82) is 0 Å². The van der Waals surface area contributed by atoms with Crippen LogP contribution in [0, 0.1) is 6.92 Å². The molecule has 0 aliphatic rings. The van der Waals surface area contributed by atoms with Gasteiger partial charge in [-0.25, -0.2) is 0 Å². The Kier molecular flexibility index (Phi) is 5.20. The van der Waals surface area contributed by atoms with Crippen molar-refractivity contribution in [3.05, 3.63) is 29.3 Å². The van der Waals surface area contributed by atoms with Crippen LogP contribution in [0.25, 0.3) is 0 Å². The third-order valence-corrected chi connectivity index (χ3v) is 2.91. The van der Waals surface area contributed by atoms with Gasteiger partial charge in [0.25, 0.3) is 0 Å². The van der Waals surface area contributed by atoms with E-state index in [-0.39, 0.29) is 6.04 Å². The van der Waals surface area contributed by atoms with E-state index in [1.807, 2.05) is 20.0 Å². The summed E-state index contributed by atoms with van der Waals surface area (Å²) in [6, 6.07) is 5.38. The minimum Gasteiger partial charge on any atom is -0.490 e. The molecule has 0 spiro atoms. The summed E-state index contributed by atoms with van der Waals surface area (Å²) in [5.74, 6) is 0.343. The van der Waals surface area contributed by atoms with Crippen LogP contribution >= 0.6 is 0 Å². The predicted molar refractivity (Wildman–Crippen MR) is 66.2 cm³/mol. The largest absolute Gasteiger partial charge is 0.490 e. The second-order valence-electron chi connectivity index (χ2n) is 4.40. The van der Waals surface area contributed by atoms with Crippen molar-refractivity contribution in [2.45, 2.75) is 32.2 Å². The monoisotopic (exact) mass is 277 g/mol. The lowest BCUT2D eigenvalue weighted by atomic mass is 10.1. The van der Waals surface area contributed by atoms with Crippen molar-refractivity contribution in [3.63, 3.8) is 0 Å². The molecule has 0 bridgehead atoms. The summed E-state index contributed by atoms with van der Waals surface area (Å²) in [7, 11) is 1.82. The number of ether oxygens (including phenoxy) is 1. The van der Waals surface area contributed by atoms with Gasteiger partial charge in [0.1, 0.15) is 12.4 Å². The molecule has 2 atom stereocenters. The minimum atomic E-state index is -4.66. The van der Waals surface area contributed by atoms with E-state index in [0.717, 1.165) is 11.1 Å². The minimum absolute atomic E-state index is 0.147. The van der Waals surface area contributed by atoms with Gasteiger partial charge >= 0.3 is 6.18 Å². The zero-order valence-corrected chi connectivity index (χ0v) is 11.1. The van der Waals surface area contributed by atoms with Crippen LogP contribution in [0.1, 0.15) is 24.1 Å². The summed E-state index contributed by atoms with van der Waals surface area (Å²) in [6.07, 6.45) is -7.13. The molecule has 0 amide bonds. The van der Waals surface area contributed by atoms with Gasteiger partial charge in [0.05, 0.1) is 0 Å². The smallest absolute Gasteiger partial charge is 0.417 e. The average Bonchev–Trinajstić information content (AvgIpc) is 2.34. The fraction of sp³-hybridized carbons (Fsp3) is 0.538. The molecule has 108 valence electrons. The second kappa shape index (κ2) is 6.25. The highest BCUT2D eigenvalue weighted by Crippen LogP contribution is 2.25. The lowest BCUT2D eigenvalue weighted by Gasteiger charge is -2.17. The molecular weight excluding hydrogens is 259 g/mol. The molecule has 2 unspecified atom stereocenters. The molecule has 0 saturated carbocycles. The Balaban J connectivity index is 2.71. The average molecular weight is 277 g/mol. The standard InChI is InChI=1S/C13H18F3NO2/c1-8-6-10(9(2)17-3)4-5-11(8)19-7-12(18)13(14,15)16/h4-6,9,12,17-18H,7H2,1-3H3. The molecule has 1 aromatic carbocycles. The molecule has 0 saturated heterocycles. The highest BCUT2D eigenvalue weighted by molar-refractivity contribution is 5.37. The molecule has 0 fully saturated rings. The Hall–Kier alpha value is -1.27. The summed E-state index contributed by atoms with van der Waals surface area (Å²) in [5, 5.41) is 11.9. The van der Waals surface area contributed by atoms with Crippen LogP contribution < -0.4 is 10.1 Å². The number of nitrogens with one attached hydrogen (secondary N) is 1. The first-order valence-electron chi connectivity index (χ1n) is 5.91. The van der Waals surface area contributed by atoms with Gasteiger partial charge in [0, 0.05) is 6.04 Å². The Morgan fingerprint density at radius 2 is 2.00 bits per heavy atom. The van der Waals surface area contributed by atoms with Crippen LogP contribution in [0.15, 0.2) is 18.2 Å². The van der Waals surface area contributed by atoms with Gasteiger partial charge in [0.15, 0.2) is 6.10 Å². The van der Waals surface area contributed by atoms with Crippen molar-refractivity contribution >= 4 is 0 Å². The van der Waals surface area contributed by atoms with Gasteiger partial charge in [-0.3, -0.25) is 0 Å². The summed E-state index contributed by atoms with van der Waals surface area (Å²) in [6.45, 7) is 2.93. The lowest BCUT2D eigenvalue weighted by molar-refractivity contribution is -0.210. The number of aryl methyl sites for hydroxylation is 1. The van der Waals surface area contributed by atoms with Crippen LogP contribution in [0.2, 0.25) is 0 Å². The number of hydrogen-bond acceptors (Lipinski definition) is 3. The van der Waals surface area contributed by atoms with E-state index in [1.54, 1.807) is 19.1 Å². The Morgan fingerprint density at radius 3 is 2.47 bits per heavy atom. The quantitative estimate of drug-likeness (QED) is 0.869. The van der Waals surface area contributed by atoms with E-state index < -0.39 is 18.9 Å². The van der Waals surface area contributed by atoms with Gasteiger partial charge in [-0.15, -0.1) is 0 Å². The highest BCUT2D eigenvalue weighted by atomic mass is 19.4. The number of benzene rings is 1. The van der Waals surface area contributed by atoms with Crippen LogP contribution in [0.3, 0.4) is 0 Å². The van der Waals surface area contributed by atoms with Crippen molar-refractivity contribution in [3.8, 4) is 5.75 Å². The van der Waals surface area contributed by atoms with Crippen molar-refractivity contribution in [1.82, 2.24) is 5.32 Å². The Morgan fingerprint density at radius 1 is 1.37 bits per heavy atom. The first kappa shape index (κ1) is 15.8. The Bertz CT molecular complexity index is 421. The maximum atomic E-state index is 12.1. The zero-order valence-electron chi connectivity index (χ0n) is 11.1. The Labute approximate surface area is 110 Å². The number of aliphatic hydroxyl groups is 1. The molecule has 0 radical (unpaired) electrons. The number of aliphatic hydroxyl groups excluding tert-OH is 1. The fourth-order valence-electron chi connectivity index (χ4n) is 1.53. The third-order valence-electron chi connectivity index (χ3n) is 2.91. The molecule has 6 heteroatoms. The van der Waals surface area contributed by atoms with Crippen molar-refractivity contribution in [2.24, 2.45) is 0 Å². The molecule has 1 aromatic rings. The topological polar surface area (TPSA) is 41.5 Å². The summed E-state index contributed by atoms with van der Waals surface area (Å²) < 4.78 is 41.4. The van der Waals surface area contributed by atoms with Crippen LogP contribution in [-0.2, 0) is 0 Å². The molecule has 19 heavy (non-hydrogen) atoms. The summed E-state index contributed by atoms with van der Waals surface area (Å²) in [4.78, 5) is 0. The molecule has 1 rings (SSSR count). The van der Waals surface area contributed by atoms with Gasteiger partial charge < -0.3 is 15.2 Å². The van der Waals surface area contributed by atoms with Gasteiger partial charge in [-0.2, -0.15) is 13.2 Å². The zero-order chi connectivity index (χ0) is 14.6. The number of hydrogen-bond donors (Lipinski definition) is 2. The van der Waals surface area contributed by atoms with Crippen LogP contribution in [0.4, 0.5) is 13.2 Å². The van der Waals surface area contributed by atoms with Gasteiger partial charge in [0.2, 0.25) is 0 Å². The van der Waals surface area contributed by atoms with Crippen molar-refractivity contribution in [2.75, 3.05) is 13.7 Å². The van der Waals surface area contributed by atoms with Crippen LogP contribution in [-0.4, -0.2) is 31.0 Å². The number of halogens is 3. The molecule has 2 N–H and O–H groups in total. The van der Waals surface area contributed by atoms with E-state index in [4.69, 9.17) is 9.84 Å². The molecule has 0 aliphatic carbocycles. The second-order valence-corrected chi connectivity index (χ2v) is 4.40. The van der Waals surface area contributed by atoms with Gasteiger partial charge in [-0.1, -0.05) is 12.1 Å². The normalized spacial score (nSPS) is 15.1. The summed E-state index contributed by atoms with van der Waals surface area (Å²) >= 11 is 0. The maximum Gasteiger partial charge on any atom is 0.417 e. The molecule has 0 aromatic heterocycles. The molecule has 3 nitrogen and oxygen atoms in total. The lowest BCUT2D eigenvalue weighted by Crippen LogP contribution is -2.34. The van der Waals surface area contributed by atoms with E-state index >= 15 is 0 Å². The van der Waals surface area contributed by atoms with E-state index in [2.05, 4.69) is 5.32 Å². The molecule has 0 aliphatic heterocycles. The first-order valence-corrected chi connectivity index (χ1v) is 5.91. The molecule has 0 heterocycles. The SMILES string of the molecule is CNC(C)c1ccc(OCC(O)C(F)(F)F)c(C)c1. The van der Waals surface area contributed by atoms with Gasteiger partial charge in [-0.05, 0) is 38.1 Å². The maximum absolute atomic E-state index is 12.1. The number of rotatable bonds is 5. The first-order chi connectivity index (χ1) is 8.75. The van der Waals surface area contributed by atoms with E-state index in [9.17, 15) is 13.2 Å².